The van der Waals surface area contributed by atoms with Crippen LogP contribution in [0.3, 0.4) is 0 Å². The molecule has 10 heteroatoms. The van der Waals surface area contributed by atoms with Crippen molar-refractivity contribution in [1.82, 2.24) is 4.90 Å². The third-order valence-corrected chi connectivity index (χ3v) is 6.65. The minimum atomic E-state index is -1.13. The number of hydrogen-bond donors (Lipinski definition) is 2. The molecule has 0 radical (unpaired) electrons. The predicted octanol–water partition coefficient (Wildman–Crippen LogP) is 3.67. The van der Waals surface area contributed by atoms with Crippen LogP contribution in [0.1, 0.15) is 18.4 Å². The molecule has 2 aromatic carbocycles. The lowest BCUT2D eigenvalue weighted by atomic mass is 9.74. The van der Waals surface area contributed by atoms with E-state index < -0.39 is 18.7 Å². The van der Waals surface area contributed by atoms with Crippen molar-refractivity contribution in [1.29, 1.82) is 0 Å². The molecular formula is C25H27ClFN3O5. The fourth-order valence-electron chi connectivity index (χ4n) is 4.57. The summed E-state index contributed by atoms with van der Waals surface area (Å²) in [7, 11) is 1.74. The maximum atomic E-state index is 13.3. The van der Waals surface area contributed by atoms with E-state index in [2.05, 4.69) is 10.3 Å². The van der Waals surface area contributed by atoms with Gasteiger partial charge in [0.1, 0.15) is 17.3 Å². The summed E-state index contributed by atoms with van der Waals surface area (Å²) in [6.07, 6.45) is 3.40. The Labute approximate surface area is 207 Å². The molecule has 0 saturated carbocycles. The highest BCUT2D eigenvalue weighted by molar-refractivity contribution is 6.32. The maximum absolute atomic E-state index is 13.3. The molecular weight excluding hydrogens is 477 g/mol. The van der Waals surface area contributed by atoms with Crippen molar-refractivity contribution in [2.75, 3.05) is 38.6 Å². The van der Waals surface area contributed by atoms with E-state index in [1.165, 1.54) is 18.2 Å². The molecule has 186 valence electrons. The first kappa shape index (κ1) is 24.8. The summed E-state index contributed by atoms with van der Waals surface area (Å²) in [5.74, 6) is -0.974. The number of benzene rings is 2. The van der Waals surface area contributed by atoms with Gasteiger partial charge in [0.15, 0.2) is 12.7 Å². The Bertz CT molecular complexity index is 1120. The lowest BCUT2D eigenvalue weighted by Gasteiger charge is -2.41. The van der Waals surface area contributed by atoms with Crippen molar-refractivity contribution in [2.24, 2.45) is 10.4 Å². The van der Waals surface area contributed by atoms with E-state index in [4.69, 9.17) is 26.2 Å². The molecule has 2 heterocycles. The van der Waals surface area contributed by atoms with Crippen LogP contribution in [-0.4, -0.2) is 67.5 Å². The number of carboxylic acids is 1. The summed E-state index contributed by atoms with van der Waals surface area (Å²) >= 11 is 6.17. The Morgan fingerprint density at radius 3 is 2.69 bits per heavy atom. The van der Waals surface area contributed by atoms with Crippen LogP contribution in [0.5, 0.6) is 11.5 Å². The number of rotatable bonds is 7. The van der Waals surface area contributed by atoms with E-state index in [1.54, 1.807) is 30.1 Å². The minimum absolute atomic E-state index is 0.130. The number of carbonyl (C=O) groups excluding carboxylic acids is 1. The lowest BCUT2D eigenvalue weighted by Crippen LogP contribution is -2.51. The minimum Gasteiger partial charge on any atom is -0.480 e. The molecule has 0 aromatic heterocycles. The molecule has 35 heavy (non-hydrogen) atoms. The van der Waals surface area contributed by atoms with Crippen molar-refractivity contribution in [3.8, 4) is 11.5 Å². The number of nitrogens with zero attached hydrogens (tertiary/aromatic N) is 2. The summed E-state index contributed by atoms with van der Waals surface area (Å²) in [4.78, 5) is 30.1. The second kappa shape index (κ2) is 10.5. The van der Waals surface area contributed by atoms with E-state index in [0.29, 0.717) is 24.5 Å². The van der Waals surface area contributed by atoms with Crippen LogP contribution in [0.25, 0.3) is 0 Å². The number of ether oxygens (including phenoxy) is 2. The van der Waals surface area contributed by atoms with Gasteiger partial charge in [-0.1, -0.05) is 23.7 Å². The summed E-state index contributed by atoms with van der Waals surface area (Å²) < 4.78 is 24.5. The molecule has 1 saturated heterocycles. The average molecular weight is 504 g/mol. The number of nitrogens with one attached hydrogen (secondary N) is 1. The molecule has 2 aliphatic heterocycles. The van der Waals surface area contributed by atoms with Gasteiger partial charge in [0.25, 0.3) is 5.91 Å². The number of halogens is 2. The molecule has 1 atom stereocenters. The number of amides is 1. The Morgan fingerprint density at radius 2 is 2.03 bits per heavy atom. The van der Waals surface area contributed by atoms with E-state index in [9.17, 15) is 14.0 Å². The molecule has 0 spiro atoms. The van der Waals surface area contributed by atoms with E-state index in [0.717, 1.165) is 24.8 Å². The molecule has 1 amide bonds. The Morgan fingerprint density at radius 1 is 1.31 bits per heavy atom. The van der Waals surface area contributed by atoms with Gasteiger partial charge in [0.05, 0.1) is 17.3 Å². The van der Waals surface area contributed by atoms with Crippen LogP contribution < -0.4 is 14.8 Å². The Hall–Kier alpha value is -3.33. The van der Waals surface area contributed by atoms with Gasteiger partial charge in [-0.3, -0.25) is 4.79 Å². The van der Waals surface area contributed by atoms with Crippen molar-refractivity contribution in [3.05, 3.63) is 52.8 Å². The van der Waals surface area contributed by atoms with Gasteiger partial charge in [-0.25, -0.2) is 9.18 Å². The first-order valence-electron chi connectivity index (χ1n) is 11.3. The van der Waals surface area contributed by atoms with Gasteiger partial charge >= 0.3 is 5.97 Å². The zero-order chi connectivity index (χ0) is 25.0. The monoisotopic (exact) mass is 503 g/mol. The molecule has 0 bridgehead atoms. The maximum Gasteiger partial charge on any atom is 0.341 e. The topological polar surface area (TPSA) is 100 Å². The van der Waals surface area contributed by atoms with E-state index >= 15 is 0 Å². The third-order valence-electron chi connectivity index (χ3n) is 6.35. The van der Waals surface area contributed by atoms with Crippen molar-refractivity contribution >= 4 is 35.4 Å². The van der Waals surface area contributed by atoms with Crippen molar-refractivity contribution < 1.29 is 28.6 Å². The zero-order valence-electron chi connectivity index (χ0n) is 19.3. The number of fused-ring (bicyclic) bond motifs is 1. The molecule has 1 fully saturated rings. The highest BCUT2D eigenvalue weighted by Crippen LogP contribution is 2.39. The van der Waals surface area contributed by atoms with Crippen LogP contribution in [0, 0.1) is 11.2 Å². The first-order chi connectivity index (χ1) is 16.8. The van der Waals surface area contributed by atoms with E-state index in [1.807, 2.05) is 6.21 Å². The zero-order valence-corrected chi connectivity index (χ0v) is 20.1. The SMILES string of the molecule is CN=CC1(Cc2ccc(F)cc2)CCN(C(=O)C2CNc3cc(Cl)c(OCC(=O)O)cc3O2)CC1. The molecule has 1 unspecified atom stereocenters. The molecule has 2 aliphatic rings. The van der Waals surface area contributed by atoms with Gasteiger partial charge in [-0.05, 0) is 43.0 Å². The molecule has 0 aliphatic carbocycles. The largest absolute Gasteiger partial charge is 0.480 e. The van der Waals surface area contributed by atoms with Crippen LogP contribution in [-0.2, 0) is 16.0 Å². The summed E-state index contributed by atoms with van der Waals surface area (Å²) in [5, 5.41) is 12.2. The first-order valence-corrected chi connectivity index (χ1v) is 11.7. The highest BCUT2D eigenvalue weighted by Gasteiger charge is 2.38. The lowest BCUT2D eigenvalue weighted by molar-refractivity contribution is -0.140. The number of hydrogen-bond acceptors (Lipinski definition) is 6. The Balaban J connectivity index is 1.40. The number of carbonyl (C=O) groups is 2. The van der Waals surface area contributed by atoms with Crippen molar-refractivity contribution in [3.63, 3.8) is 0 Å². The normalized spacial score (nSPS) is 18.9. The van der Waals surface area contributed by atoms with Gasteiger partial charge in [0.2, 0.25) is 0 Å². The average Bonchev–Trinajstić information content (AvgIpc) is 2.84. The second-order valence-corrected chi connectivity index (χ2v) is 9.23. The molecule has 4 rings (SSSR count). The van der Waals surface area contributed by atoms with Crippen LogP contribution in [0.2, 0.25) is 5.02 Å². The van der Waals surface area contributed by atoms with Crippen LogP contribution in [0.4, 0.5) is 10.1 Å². The molecule has 2 N–H and O–H groups in total. The summed E-state index contributed by atoms with van der Waals surface area (Å²) in [5.41, 5.74) is 1.44. The number of aliphatic carboxylic acids is 1. The van der Waals surface area contributed by atoms with Crippen molar-refractivity contribution in [2.45, 2.75) is 25.4 Å². The van der Waals surface area contributed by atoms with Gasteiger partial charge in [-0.15, -0.1) is 0 Å². The number of anilines is 1. The van der Waals surface area contributed by atoms with Gasteiger partial charge in [0, 0.05) is 37.8 Å². The standard InChI is InChI=1S/C25H27ClFN3O5/c1-28-15-25(12-16-2-4-17(27)5-3-16)6-8-30(9-7-25)24(33)22-13-29-19-10-18(26)20(11-21(19)35-22)34-14-23(31)32/h2-5,10-11,15,22,29H,6-9,12-14H2,1H3,(H,31,32). The number of likely N-dealkylation sites (tertiary alicyclic amines) is 1. The van der Waals surface area contributed by atoms with Gasteiger partial charge in [-0.2, -0.15) is 0 Å². The van der Waals surface area contributed by atoms with Gasteiger partial charge < -0.3 is 29.8 Å². The highest BCUT2D eigenvalue weighted by atomic mass is 35.5. The predicted molar refractivity (Wildman–Crippen MR) is 130 cm³/mol. The smallest absolute Gasteiger partial charge is 0.341 e. The van der Waals surface area contributed by atoms with Crippen LogP contribution >= 0.6 is 11.6 Å². The fraction of sp³-hybridized carbons (Fsp3) is 0.400. The van der Waals surface area contributed by atoms with Crippen LogP contribution in [0.15, 0.2) is 41.4 Å². The summed E-state index contributed by atoms with van der Waals surface area (Å²) in [6.45, 7) is 0.840. The molecule has 2 aromatic rings. The quantitative estimate of drug-likeness (QED) is 0.559. The molecule has 8 nitrogen and oxygen atoms in total. The number of piperidine rings is 1. The second-order valence-electron chi connectivity index (χ2n) is 8.83. The third kappa shape index (κ3) is 5.85. The fourth-order valence-corrected chi connectivity index (χ4v) is 4.78. The number of carboxylic acid groups (broad SMARTS) is 1. The summed E-state index contributed by atoms with van der Waals surface area (Å²) in [6, 6.07) is 9.58. The van der Waals surface area contributed by atoms with E-state index in [-0.39, 0.29) is 34.5 Å². The Kier molecular flexibility index (Phi) is 7.45. The number of aliphatic imine (C=N–C) groups is 1.